The van der Waals surface area contributed by atoms with Gasteiger partial charge < -0.3 is 15.6 Å². The van der Waals surface area contributed by atoms with Gasteiger partial charge in [0.1, 0.15) is 5.82 Å². The summed E-state index contributed by atoms with van der Waals surface area (Å²) in [4.78, 5) is 2.09. The average molecular weight is 284 g/mol. The highest BCUT2D eigenvalue weighted by molar-refractivity contribution is 5.25. The fourth-order valence-electron chi connectivity index (χ4n) is 2.03. The summed E-state index contributed by atoms with van der Waals surface area (Å²) in [6.07, 6.45) is 0.714. The third-order valence-electron chi connectivity index (χ3n) is 3.41. The van der Waals surface area contributed by atoms with E-state index in [9.17, 15) is 4.39 Å². The van der Waals surface area contributed by atoms with E-state index in [-0.39, 0.29) is 18.5 Å². The maximum Gasteiger partial charge on any atom is 0.126 e. The van der Waals surface area contributed by atoms with Crippen molar-refractivity contribution < 1.29 is 14.2 Å². The van der Waals surface area contributed by atoms with Crippen LogP contribution in [0.15, 0.2) is 18.2 Å². The Hall–Kier alpha value is -1.01. The van der Waals surface area contributed by atoms with Gasteiger partial charge in [-0.15, -0.1) is 0 Å². The molecule has 0 aromatic heterocycles. The lowest BCUT2D eigenvalue weighted by Crippen LogP contribution is -2.32. The molecule has 0 fully saturated rings. The Balaban J connectivity index is 2.50. The summed E-state index contributed by atoms with van der Waals surface area (Å²) < 4.78 is 18.5. The molecule has 1 aromatic carbocycles. The minimum Gasteiger partial charge on any atom is -0.395 e. The van der Waals surface area contributed by atoms with E-state index < -0.39 is 0 Å². The number of benzene rings is 1. The zero-order chi connectivity index (χ0) is 15.0. The van der Waals surface area contributed by atoms with Crippen LogP contribution >= 0.6 is 0 Å². The van der Waals surface area contributed by atoms with Gasteiger partial charge in [-0.1, -0.05) is 12.1 Å². The highest BCUT2D eigenvalue weighted by atomic mass is 19.1. The summed E-state index contributed by atoms with van der Waals surface area (Å²) in [7, 11) is 1.65. The van der Waals surface area contributed by atoms with Crippen LogP contribution in [0.4, 0.5) is 4.39 Å². The molecular weight excluding hydrogens is 259 g/mol. The van der Waals surface area contributed by atoms with E-state index in [2.05, 4.69) is 4.90 Å². The van der Waals surface area contributed by atoms with Crippen LogP contribution < -0.4 is 5.73 Å². The van der Waals surface area contributed by atoms with Gasteiger partial charge in [0, 0.05) is 32.8 Å². The summed E-state index contributed by atoms with van der Waals surface area (Å²) >= 11 is 0. The first kappa shape index (κ1) is 17.0. The topological polar surface area (TPSA) is 58.7 Å². The van der Waals surface area contributed by atoms with Crippen LogP contribution in [-0.4, -0.2) is 50.0 Å². The normalized spacial score (nSPS) is 12.9. The molecule has 0 aliphatic heterocycles. The lowest BCUT2D eigenvalue weighted by atomic mass is 10.0. The number of nitrogens with zero attached hydrogens (tertiary/aromatic N) is 1. The summed E-state index contributed by atoms with van der Waals surface area (Å²) in [6.45, 7) is 4.57. The maximum absolute atomic E-state index is 13.5. The Labute approximate surface area is 120 Å². The van der Waals surface area contributed by atoms with E-state index in [0.717, 1.165) is 18.7 Å². The highest BCUT2D eigenvalue weighted by Crippen LogP contribution is 2.17. The van der Waals surface area contributed by atoms with Crippen molar-refractivity contribution in [2.45, 2.75) is 19.4 Å². The molecule has 0 saturated heterocycles. The third-order valence-corrected chi connectivity index (χ3v) is 3.41. The van der Waals surface area contributed by atoms with Gasteiger partial charge in [-0.3, -0.25) is 4.90 Å². The molecule has 0 heterocycles. The fourth-order valence-corrected chi connectivity index (χ4v) is 2.03. The molecule has 20 heavy (non-hydrogen) atoms. The fraction of sp³-hybridized carbons (Fsp3) is 0.600. The van der Waals surface area contributed by atoms with Crippen molar-refractivity contribution in [3.63, 3.8) is 0 Å². The van der Waals surface area contributed by atoms with Gasteiger partial charge in [0.05, 0.1) is 13.2 Å². The number of aliphatic hydroxyl groups excluding tert-OH is 1. The molecule has 4 nitrogen and oxygen atoms in total. The van der Waals surface area contributed by atoms with Crippen molar-refractivity contribution in [2.24, 2.45) is 5.73 Å². The van der Waals surface area contributed by atoms with Crippen LogP contribution in [-0.2, 0) is 4.74 Å². The molecule has 0 spiro atoms. The molecular formula is C15H25FN2O2. The molecule has 0 amide bonds. The van der Waals surface area contributed by atoms with Crippen molar-refractivity contribution in [3.05, 3.63) is 35.1 Å². The van der Waals surface area contributed by atoms with Gasteiger partial charge in [-0.25, -0.2) is 4.39 Å². The monoisotopic (exact) mass is 284 g/mol. The Kier molecular flexibility index (Phi) is 7.69. The van der Waals surface area contributed by atoms with Crippen molar-refractivity contribution >= 4 is 0 Å². The minimum absolute atomic E-state index is 0.109. The van der Waals surface area contributed by atoms with E-state index in [4.69, 9.17) is 15.6 Å². The first-order valence-corrected chi connectivity index (χ1v) is 6.92. The number of hydrogen-bond acceptors (Lipinski definition) is 4. The number of rotatable bonds is 9. The zero-order valence-corrected chi connectivity index (χ0v) is 12.3. The van der Waals surface area contributed by atoms with Gasteiger partial charge in [0.2, 0.25) is 0 Å². The summed E-state index contributed by atoms with van der Waals surface area (Å²) in [6, 6.07) is 4.93. The molecule has 3 N–H and O–H groups in total. The summed E-state index contributed by atoms with van der Waals surface area (Å²) in [5.74, 6) is -0.218. The first-order chi connectivity index (χ1) is 9.58. The summed E-state index contributed by atoms with van der Waals surface area (Å²) in [5, 5.41) is 9.02. The number of methoxy groups -OCH3 is 1. The molecule has 114 valence electrons. The molecule has 0 bridgehead atoms. The number of nitrogens with two attached hydrogens (primary N) is 1. The van der Waals surface area contributed by atoms with Crippen LogP contribution in [0.1, 0.15) is 23.6 Å². The van der Waals surface area contributed by atoms with Gasteiger partial charge in [-0.05, 0) is 30.5 Å². The number of aryl methyl sites for hydroxylation is 1. The Morgan fingerprint density at radius 2 is 2.10 bits per heavy atom. The van der Waals surface area contributed by atoms with Gasteiger partial charge in [-0.2, -0.15) is 0 Å². The van der Waals surface area contributed by atoms with Crippen molar-refractivity contribution in [3.8, 4) is 0 Å². The zero-order valence-electron chi connectivity index (χ0n) is 12.3. The number of halogens is 1. The Bertz CT molecular complexity index is 401. The second-order valence-corrected chi connectivity index (χ2v) is 4.96. The minimum atomic E-state index is -0.218. The largest absolute Gasteiger partial charge is 0.395 e. The van der Waals surface area contributed by atoms with Crippen LogP contribution in [0.5, 0.6) is 0 Å². The van der Waals surface area contributed by atoms with Gasteiger partial charge in [0.25, 0.3) is 0 Å². The average Bonchev–Trinajstić information content (AvgIpc) is 2.44. The standard InChI is InChI=1S/C15H25FN2O2/c1-12-3-4-13(11-14(12)16)15(17)5-6-18(7-9-19)8-10-20-2/h3-4,11,15,19H,5-10,17H2,1-2H3. The molecule has 0 saturated carbocycles. The molecule has 1 rings (SSSR count). The second kappa shape index (κ2) is 9.02. The van der Waals surface area contributed by atoms with E-state index in [1.54, 1.807) is 20.1 Å². The number of ether oxygens (including phenoxy) is 1. The predicted octanol–water partition coefficient (Wildman–Crippen LogP) is 1.46. The van der Waals surface area contributed by atoms with Crippen LogP contribution in [0.25, 0.3) is 0 Å². The van der Waals surface area contributed by atoms with Gasteiger partial charge >= 0.3 is 0 Å². The third kappa shape index (κ3) is 5.54. The van der Waals surface area contributed by atoms with E-state index in [0.29, 0.717) is 25.1 Å². The van der Waals surface area contributed by atoms with Crippen LogP contribution in [0.3, 0.4) is 0 Å². The predicted molar refractivity (Wildman–Crippen MR) is 78.1 cm³/mol. The van der Waals surface area contributed by atoms with Crippen LogP contribution in [0, 0.1) is 12.7 Å². The van der Waals surface area contributed by atoms with Crippen LogP contribution in [0.2, 0.25) is 0 Å². The quantitative estimate of drug-likeness (QED) is 0.721. The van der Waals surface area contributed by atoms with E-state index in [1.165, 1.54) is 6.07 Å². The number of aliphatic hydroxyl groups is 1. The number of hydrogen-bond donors (Lipinski definition) is 2. The lowest BCUT2D eigenvalue weighted by molar-refractivity contribution is 0.128. The second-order valence-electron chi connectivity index (χ2n) is 4.96. The lowest BCUT2D eigenvalue weighted by Gasteiger charge is -2.23. The molecule has 0 aliphatic rings. The molecule has 5 heteroatoms. The van der Waals surface area contributed by atoms with Gasteiger partial charge in [0.15, 0.2) is 0 Å². The molecule has 0 radical (unpaired) electrons. The Morgan fingerprint density at radius 3 is 2.70 bits per heavy atom. The molecule has 1 atom stereocenters. The van der Waals surface area contributed by atoms with E-state index >= 15 is 0 Å². The molecule has 0 aliphatic carbocycles. The van der Waals surface area contributed by atoms with Crippen molar-refractivity contribution in [1.29, 1.82) is 0 Å². The smallest absolute Gasteiger partial charge is 0.126 e. The van der Waals surface area contributed by atoms with E-state index in [1.807, 2.05) is 6.07 Å². The Morgan fingerprint density at radius 1 is 1.35 bits per heavy atom. The van der Waals surface area contributed by atoms with Crippen molar-refractivity contribution in [2.75, 3.05) is 40.0 Å². The van der Waals surface area contributed by atoms with Crippen molar-refractivity contribution in [1.82, 2.24) is 4.90 Å². The first-order valence-electron chi connectivity index (χ1n) is 6.92. The highest BCUT2D eigenvalue weighted by Gasteiger charge is 2.11. The molecule has 1 aromatic rings. The summed E-state index contributed by atoms with van der Waals surface area (Å²) in [5.41, 5.74) is 7.54. The SMILES string of the molecule is COCCN(CCO)CCC(N)c1ccc(C)c(F)c1. The molecule has 1 unspecified atom stereocenters. The maximum atomic E-state index is 13.5.